The zero-order valence-corrected chi connectivity index (χ0v) is 11.6. The molecule has 3 aromatic rings. The molecule has 0 aliphatic rings. The molecule has 0 aliphatic heterocycles. The maximum atomic E-state index is 11.3. The number of thiazole rings is 1. The van der Waals surface area contributed by atoms with Crippen LogP contribution in [0.1, 0.15) is 5.56 Å². The Hall–Kier alpha value is -2.25. The monoisotopic (exact) mass is 305 g/mol. The molecule has 20 heavy (non-hydrogen) atoms. The summed E-state index contributed by atoms with van der Waals surface area (Å²) in [7, 11) is 0. The van der Waals surface area contributed by atoms with Gasteiger partial charge in [-0.05, 0) is 6.07 Å². The molecule has 0 aliphatic carbocycles. The lowest BCUT2D eigenvalue weighted by atomic mass is 10.2. The molecule has 6 nitrogen and oxygen atoms in total. The van der Waals surface area contributed by atoms with Gasteiger partial charge in [-0.2, -0.15) is 4.68 Å². The summed E-state index contributed by atoms with van der Waals surface area (Å²) in [5.41, 5.74) is 8.02. The van der Waals surface area contributed by atoms with Gasteiger partial charge in [0, 0.05) is 16.8 Å². The van der Waals surface area contributed by atoms with Crippen LogP contribution in [0.15, 0.2) is 34.8 Å². The Labute approximate surface area is 122 Å². The van der Waals surface area contributed by atoms with Crippen molar-refractivity contribution in [1.29, 1.82) is 0 Å². The van der Waals surface area contributed by atoms with Crippen LogP contribution in [0, 0.1) is 0 Å². The van der Waals surface area contributed by atoms with Gasteiger partial charge in [-0.3, -0.25) is 0 Å². The first-order valence-electron chi connectivity index (χ1n) is 5.57. The van der Waals surface area contributed by atoms with Crippen molar-refractivity contribution >= 4 is 51.3 Å². The van der Waals surface area contributed by atoms with E-state index in [0.717, 1.165) is 10.2 Å². The quantitative estimate of drug-likeness (QED) is 0.739. The first kappa shape index (κ1) is 12.8. The molecule has 0 saturated carbocycles. The third-order valence-corrected chi connectivity index (χ3v) is 3.74. The molecule has 0 unspecified atom stereocenters. The molecular formula is C12H8ClN5OS. The Bertz CT molecular complexity index is 822. The predicted molar refractivity (Wildman–Crippen MR) is 79.1 cm³/mol. The van der Waals surface area contributed by atoms with E-state index in [4.69, 9.17) is 17.3 Å². The molecule has 2 aromatic heterocycles. The molecule has 3 rings (SSSR count). The van der Waals surface area contributed by atoms with Gasteiger partial charge >= 0.3 is 6.03 Å². The molecule has 1 amide bonds. The van der Waals surface area contributed by atoms with Gasteiger partial charge in [0.05, 0.1) is 5.51 Å². The summed E-state index contributed by atoms with van der Waals surface area (Å²) in [6, 6.07) is 6.61. The number of carbonyl (C=O) groups is 1. The van der Waals surface area contributed by atoms with Crippen LogP contribution in [-0.4, -0.2) is 27.0 Å². The fourth-order valence-electron chi connectivity index (χ4n) is 1.68. The Kier molecular flexibility index (Phi) is 3.21. The number of fused-ring (bicyclic) bond motifs is 1. The minimum Gasteiger partial charge on any atom is -0.350 e. The number of halogens is 1. The minimum absolute atomic E-state index is 0.390. The highest BCUT2D eigenvalue weighted by atomic mass is 35.5. The first-order valence-corrected chi connectivity index (χ1v) is 6.83. The number of benzene rings is 1. The van der Waals surface area contributed by atoms with Gasteiger partial charge in [0.1, 0.15) is 4.70 Å². The van der Waals surface area contributed by atoms with E-state index in [2.05, 4.69) is 15.1 Å². The van der Waals surface area contributed by atoms with E-state index in [-0.39, 0.29) is 0 Å². The van der Waals surface area contributed by atoms with Crippen molar-refractivity contribution in [2.45, 2.75) is 0 Å². The Morgan fingerprint density at radius 2 is 2.25 bits per heavy atom. The summed E-state index contributed by atoms with van der Waals surface area (Å²) in [6.07, 6.45) is 1.59. The van der Waals surface area contributed by atoms with E-state index < -0.39 is 6.03 Å². The standard InChI is InChI=1S/C12H8ClN5OS/c13-8-4-2-1-3-7(8)5-15-10-9-11(16-6-20-9)18(17-10)12(14)19/h1-6H,(H2,14,19). The number of amides is 1. The van der Waals surface area contributed by atoms with E-state index in [1.165, 1.54) is 11.3 Å². The maximum absolute atomic E-state index is 11.3. The lowest BCUT2D eigenvalue weighted by molar-refractivity contribution is 0.248. The molecule has 0 saturated heterocycles. The number of primary amides is 1. The van der Waals surface area contributed by atoms with Crippen LogP contribution in [0.25, 0.3) is 10.3 Å². The second-order valence-corrected chi connectivity index (χ2v) is 5.12. The van der Waals surface area contributed by atoms with Gasteiger partial charge in [0.25, 0.3) is 0 Å². The summed E-state index contributed by atoms with van der Waals surface area (Å²) < 4.78 is 1.73. The SMILES string of the molecule is NC(=O)n1nc(N=Cc2ccccc2Cl)c2scnc21. The van der Waals surface area contributed by atoms with Crippen LogP contribution in [0.5, 0.6) is 0 Å². The van der Waals surface area contributed by atoms with Crippen LogP contribution >= 0.6 is 22.9 Å². The number of carbonyl (C=O) groups excluding carboxylic acids is 1. The van der Waals surface area contributed by atoms with Gasteiger partial charge in [-0.1, -0.05) is 29.8 Å². The molecule has 0 bridgehead atoms. The lowest BCUT2D eigenvalue weighted by Gasteiger charge is -1.94. The minimum atomic E-state index is -0.694. The third-order valence-electron chi connectivity index (χ3n) is 2.59. The number of rotatable bonds is 2. The number of nitrogens with zero attached hydrogens (tertiary/aromatic N) is 4. The lowest BCUT2D eigenvalue weighted by Crippen LogP contribution is -2.20. The topological polar surface area (TPSA) is 86.2 Å². The molecular weight excluding hydrogens is 298 g/mol. The fraction of sp³-hybridized carbons (Fsp3) is 0. The molecule has 0 fully saturated rings. The summed E-state index contributed by atoms with van der Waals surface area (Å²) in [5, 5.41) is 4.63. The Morgan fingerprint density at radius 1 is 1.45 bits per heavy atom. The van der Waals surface area contributed by atoms with E-state index in [1.54, 1.807) is 17.8 Å². The van der Waals surface area contributed by atoms with E-state index in [1.807, 2.05) is 18.2 Å². The van der Waals surface area contributed by atoms with Crippen LogP contribution < -0.4 is 5.73 Å². The molecule has 1 aromatic carbocycles. The second-order valence-electron chi connectivity index (χ2n) is 3.86. The molecule has 0 spiro atoms. The van der Waals surface area contributed by atoms with Gasteiger partial charge in [0.15, 0.2) is 11.5 Å². The van der Waals surface area contributed by atoms with Crippen molar-refractivity contribution in [2.75, 3.05) is 0 Å². The van der Waals surface area contributed by atoms with Crippen molar-refractivity contribution < 1.29 is 4.79 Å². The number of hydrogen-bond donors (Lipinski definition) is 1. The van der Waals surface area contributed by atoms with Gasteiger partial charge in [-0.25, -0.2) is 14.8 Å². The molecule has 2 N–H and O–H groups in total. The van der Waals surface area contributed by atoms with Crippen LogP contribution in [0.2, 0.25) is 5.02 Å². The summed E-state index contributed by atoms with van der Waals surface area (Å²) in [5.74, 6) is 0.390. The highest BCUT2D eigenvalue weighted by Crippen LogP contribution is 2.28. The number of nitrogens with two attached hydrogens (primary N) is 1. The maximum Gasteiger partial charge on any atom is 0.341 e. The average molecular weight is 306 g/mol. The Morgan fingerprint density at radius 3 is 3.00 bits per heavy atom. The van der Waals surface area contributed by atoms with Crippen LogP contribution in [0.3, 0.4) is 0 Å². The van der Waals surface area contributed by atoms with Gasteiger partial charge in [0.2, 0.25) is 0 Å². The smallest absolute Gasteiger partial charge is 0.341 e. The molecule has 0 radical (unpaired) electrons. The zero-order valence-electron chi connectivity index (χ0n) is 10.0. The largest absolute Gasteiger partial charge is 0.350 e. The number of aliphatic imine (C=N–C) groups is 1. The molecule has 100 valence electrons. The van der Waals surface area contributed by atoms with E-state index >= 15 is 0 Å². The molecule has 8 heteroatoms. The molecule has 0 atom stereocenters. The first-order chi connectivity index (χ1) is 9.66. The number of hydrogen-bond acceptors (Lipinski definition) is 5. The second kappa shape index (κ2) is 5.03. The van der Waals surface area contributed by atoms with Crippen molar-refractivity contribution in [3.8, 4) is 0 Å². The summed E-state index contributed by atoms with van der Waals surface area (Å²) in [4.78, 5) is 19.6. The molecule has 2 heterocycles. The highest BCUT2D eigenvalue weighted by molar-refractivity contribution is 7.17. The van der Waals surface area contributed by atoms with Crippen molar-refractivity contribution in [1.82, 2.24) is 14.8 Å². The van der Waals surface area contributed by atoms with Gasteiger partial charge in [-0.15, -0.1) is 16.4 Å². The number of aromatic nitrogens is 3. The van der Waals surface area contributed by atoms with Gasteiger partial charge < -0.3 is 5.73 Å². The normalized spacial score (nSPS) is 11.4. The van der Waals surface area contributed by atoms with Crippen molar-refractivity contribution in [3.05, 3.63) is 40.4 Å². The average Bonchev–Trinajstić information content (AvgIpc) is 3.00. The van der Waals surface area contributed by atoms with Crippen LogP contribution in [0.4, 0.5) is 10.6 Å². The Balaban J connectivity index is 2.05. The van der Waals surface area contributed by atoms with Crippen molar-refractivity contribution in [2.24, 2.45) is 10.7 Å². The summed E-state index contributed by atoms with van der Waals surface area (Å²) in [6.45, 7) is 0. The van der Waals surface area contributed by atoms with E-state index in [0.29, 0.717) is 21.2 Å². The fourth-order valence-corrected chi connectivity index (χ4v) is 2.57. The third kappa shape index (κ3) is 2.17. The van der Waals surface area contributed by atoms with E-state index in [9.17, 15) is 4.79 Å². The summed E-state index contributed by atoms with van der Waals surface area (Å²) >= 11 is 7.39. The predicted octanol–water partition coefficient (Wildman–Crippen LogP) is 2.82. The highest BCUT2D eigenvalue weighted by Gasteiger charge is 2.15. The zero-order chi connectivity index (χ0) is 14.1. The van der Waals surface area contributed by atoms with Crippen molar-refractivity contribution in [3.63, 3.8) is 0 Å². The van der Waals surface area contributed by atoms with Crippen LogP contribution in [-0.2, 0) is 0 Å².